The molecule has 1 heterocycles. The Morgan fingerprint density at radius 1 is 1.91 bits per heavy atom. The lowest BCUT2D eigenvalue weighted by Gasteiger charge is -2.03. The van der Waals surface area contributed by atoms with Gasteiger partial charge in [-0.25, -0.2) is 0 Å². The van der Waals surface area contributed by atoms with E-state index in [4.69, 9.17) is 5.73 Å². The van der Waals surface area contributed by atoms with Crippen LogP contribution >= 0.6 is 0 Å². The number of nitrogens with zero attached hydrogens (tertiary/aromatic N) is 1. The zero-order valence-electron chi connectivity index (χ0n) is 6.16. The van der Waals surface area contributed by atoms with E-state index in [0.29, 0.717) is 5.69 Å². The Morgan fingerprint density at radius 3 is 3.09 bits per heavy atom. The molecular formula is C6H10N4O. The molecule has 0 saturated carbocycles. The first-order chi connectivity index (χ1) is 5.20. The van der Waals surface area contributed by atoms with Gasteiger partial charge in [-0.15, -0.1) is 0 Å². The van der Waals surface area contributed by atoms with Crippen LogP contribution in [-0.2, 0) is 4.79 Å². The summed E-state index contributed by atoms with van der Waals surface area (Å²) in [5, 5.41) is 8.79. The van der Waals surface area contributed by atoms with E-state index in [1.54, 1.807) is 13.1 Å². The van der Waals surface area contributed by atoms with Gasteiger partial charge in [0.2, 0.25) is 5.91 Å². The zero-order chi connectivity index (χ0) is 8.27. The minimum Gasteiger partial charge on any atom is -0.322 e. The highest BCUT2D eigenvalue weighted by Crippen LogP contribution is 2.00. The molecule has 0 fully saturated rings. The molecule has 1 aromatic heterocycles. The number of aromatic nitrogens is 2. The lowest BCUT2D eigenvalue weighted by molar-refractivity contribution is -0.117. The van der Waals surface area contributed by atoms with Crippen molar-refractivity contribution in [3.05, 3.63) is 12.4 Å². The lowest BCUT2D eigenvalue weighted by atomic mass is 10.3. The molecule has 60 valence electrons. The van der Waals surface area contributed by atoms with E-state index in [9.17, 15) is 4.79 Å². The topological polar surface area (TPSA) is 83.8 Å². The quantitative estimate of drug-likeness (QED) is 0.546. The summed E-state index contributed by atoms with van der Waals surface area (Å²) in [6.45, 7) is 1.62. The van der Waals surface area contributed by atoms with Crippen LogP contribution < -0.4 is 11.1 Å². The molecule has 1 rings (SSSR count). The van der Waals surface area contributed by atoms with Crippen molar-refractivity contribution >= 4 is 11.6 Å². The average Bonchev–Trinajstić information content (AvgIpc) is 2.39. The fourth-order valence-electron chi connectivity index (χ4n) is 0.575. The Labute approximate surface area is 64.0 Å². The number of carbonyl (C=O) groups is 1. The molecule has 0 aliphatic rings. The van der Waals surface area contributed by atoms with Gasteiger partial charge in [-0.3, -0.25) is 9.89 Å². The van der Waals surface area contributed by atoms with Crippen LogP contribution in [0.4, 0.5) is 5.69 Å². The molecule has 0 aromatic carbocycles. The molecule has 0 spiro atoms. The van der Waals surface area contributed by atoms with E-state index >= 15 is 0 Å². The van der Waals surface area contributed by atoms with Gasteiger partial charge in [-0.1, -0.05) is 0 Å². The second-order valence-corrected chi connectivity index (χ2v) is 2.26. The van der Waals surface area contributed by atoms with E-state index in [-0.39, 0.29) is 5.91 Å². The van der Waals surface area contributed by atoms with Crippen LogP contribution in [0.1, 0.15) is 6.92 Å². The van der Waals surface area contributed by atoms with Crippen LogP contribution in [0.3, 0.4) is 0 Å². The van der Waals surface area contributed by atoms with Crippen LogP contribution in [0.15, 0.2) is 12.4 Å². The van der Waals surface area contributed by atoms with Crippen molar-refractivity contribution < 1.29 is 4.79 Å². The van der Waals surface area contributed by atoms with E-state index in [2.05, 4.69) is 15.5 Å². The molecule has 11 heavy (non-hydrogen) atoms. The largest absolute Gasteiger partial charge is 0.322 e. The second-order valence-electron chi connectivity index (χ2n) is 2.26. The van der Waals surface area contributed by atoms with Gasteiger partial charge in [0.25, 0.3) is 0 Å². The van der Waals surface area contributed by atoms with Gasteiger partial charge in [-0.2, -0.15) is 5.10 Å². The molecular weight excluding hydrogens is 144 g/mol. The van der Waals surface area contributed by atoms with Gasteiger partial charge < -0.3 is 11.1 Å². The van der Waals surface area contributed by atoms with Crippen molar-refractivity contribution in [2.24, 2.45) is 5.73 Å². The summed E-state index contributed by atoms with van der Waals surface area (Å²) in [5.41, 5.74) is 5.94. The Kier molecular flexibility index (Phi) is 2.22. The van der Waals surface area contributed by atoms with Crippen molar-refractivity contribution in [1.29, 1.82) is 0 Å². The summed E-state index contributed by atoms with van der Waals surface area (Å²) in [7, 11) is 0. The highest BCUT2D eigenvalue weighted by atomic mass is 16.2. The van der Waals surface area contributed by atoms with Gasteiger partial charge in [0.05, 0.1) is 17.9 Å². The van der Waals surface area contributed by atoms with Crippen LogP contribution in [0.2, 0.25) is 0 Å². The molecule has 1 atom stereocenters. The highest BCUT2D eigenvalue weighted by Gasteiger charge is 2.06. The number of nitrogens with two attached hydrogens (primary N) is 1. The highest BCUT2D eigenvalue weighted by molar-refractivity contribution is 5.94. The maximum Gasteiger partial charge on any atom is 0.241 e. The normalized spacial score (nSPS) is 12.5. The summed E-state index contributed by atoms with van der Waals surface area (Å²) < 4.78 is 0. The monoisotopic (exact) mass is 154 g/mol. The summed E-state index contributed by atoms with van der Waals surface area (Å²) >= 11 is 0. The number of anilines is 1. The molecule has 0 aliphatic carbocycles. The SMILES string of the molecule is CC(N)C(=O)Nc1cn[nH]c1. The third-order valence-electron chi connectivity index (χ3n) is 1.18. The number of nitrogens with one attached hydrogen (secondary N) is 2. The second kappa shape index (κ2) is 3.16. The van der Waals surface area contributed by atoms with Gasteiger partial charge >= 0.3 is 0 Å². The molecule has 1 unspecified atom stereocenters. The van der Waals surface area contributed by atoms with Crippen LogP contribution in [0.25, 0.3) is 0 Å². The minimum atomic E-state index is -0.495. The van der Waals surface area contributed by atoms with Crippen LogP contribution in [0, 0.1) is 0 Å². The molecule has 0 aliphatic heterocycles. The predicted octanol–water partition coefficient (Wildman–Crippen LogP) is -0.305. The fraction of sp³-hybridized carbons (Fsp3) is 0.333. The molecule has 5 nitrogen and oxygen atoms in total. The summed E-state index contributed by atoms with van der Waals surface area (Å²) in [6, 6.07) is -0.495. The first kappa shape index (κ1) is 7.74. The Morgan fingerprint density at radius 2 is 2.64 bits per heavy atom. The van der Waals surface area contributed by atoms with E-state index < -0.39 is 6.04 Å². The summed E-state index contributed by atoms with van der Waals surface area (Å²) in [6.07, 6.45) is 3.10. The number of rotatable bonds is 2. The fourth-order valence-corrected chi connectivity index (χ4v) is 0.575. The number of amides is 1. The lowest BCUT2D eigenvalue weighted by Crippen LogP contribution is -2.32. The third-order valence-corrected chi connectivity index (χ3v) is 1.18. The van der Waals surface area contributed by atoms with Crippen molar-refractivity contribution in [1.82, 2.24) is 10.2 Å². The Balaban J connectivity index is 2.50. The molecule has 4 N–H and O–H groups in total. The van der Waals surface area contributed by atoms with Crippen LogP contribution in [0.5, 0.6) is 0 Å². The van der Waals surface area contributed by atoms with Crippen molar-refractivity contribution in [2.45, 2.75) is 13.0 Å². The number of H-pyrrole nitrogens is 1. The smallest absolute Gasteiger partial charge is 0.241 e. The van der Waals surface area contributed by atoms with Crippen molar-refractivity contribution in [3.63, 3.8) is 0 Å². The van der Waals surface area contributed by atoms with Gasteiger partial charge in [0.15, 0.2) is 0 Å². The van der Waals surface area contributed by atoms with Crippen molar-refractivity contribution in [2.75, 3.05) is 5.32 Å². The summed E-state index contributed by atoms with van der Waals surface area (Å²) in [4.78, 5) is 10.9. The molecule has 1 aromatic rings. The average molecular weight is 154 g/mol. The molecule has 0 bridgehead atoms. The van der Waals surface area contributed by atoms with Crippen LogP contribution in [-0.4, -0.2) is 22.1 Å². The van der Waals surface area contributed by atoms with E-state index in [1.807, 2.05) is 0 Å². The van der Waals surface area contributed by atoms with E-state index in [1.165, 1.54) is 6.20 Å². The zero-order valence-corrected chi connectivity index (χ0v) is 6.16. The maximum atomic E-state index is 10.9. The predicted molar refractivity (Wildman–Crippen MR) is 40.9 cm³/mol. The molecule has 1 amide bonds. The van der Waals surface area contributed by atoms with Gasteiger partial charge in [-0.05, 0) is 6.92 Å². The Hall–Kier alpha value is -1.36. The van der Waals surface area contributed by atoms with E-state index in [0.717, 1.165) is 0 Å². The number of aromatic amines is 1. The standard InChI is InChI=1S/C6H10N4O/c1-4(7)6(11)10-5-2-8-9-3-5/h2-4H,7H2,1H3,(H,8,9)(H,10,11). The molecule has 5 heteroatoms. The third kappa shape index (κ3) is 2.05. The van der Waals surface area contributed by atoms with Gasteiger partial charge in [0.1, 0.15) is 0 Å². The Bertz CT molecular complexity index is 229. The molecule has 0 radical (unpaired) electrons. The maximum absolute atomic E-state index is 10.9. The summed E-state index contributed by atoms with van der Waals surface area (Å²) in [5.74, 6) is -0.216. The number of hydrogen-bond donors (Lipinski definition) is 3. The molecule has 0 saturated heterocycles. The number of carbonyl (C=O) groups excluding carboxylic acids is 1. The van der Waals surface area contributed by atoms with Crippen molar-refractivity contribution in [3.8, 4) is 0 Å². The number of hydrogen-bond acceptors (Lipinski definition) is 3. The van der Waals surface area contributed by atoms with Gasteiger partial charge in [0, 0.05) is 6.20 Å². The first-order valence-electron chi connectivity index (χ1n) is 3.25. The first-order valence-corrected chi connectivity index (χ1v) is 3.25. The minimum absolute atomic E-state index is 0.216.